The third-order valence-corrected chi connectivity index (χ3v) is 4.22. The molecule has 0 saturated heterocycles. The van der Waals surface area contributed by atoms with Crippen LogP contribution in [0.15, 0.2) is 72.5 Å². The maximum atomic E-state index is 12.7. The Morgan fingerprint density at radius 1 is 1.08 bits per heavy atom. The van der Waals surface area contributed by atoms with Crippen molar-refractivity contribution in [3.05, 3.63) is 83.6 Å². The number of carbonyl (C=O) groups is 1. The Balaban J connectivity index is 1.88. The van der Waals surface area contributed by atoms with Crippen molar-refractivity contribution in [1.82, 2.24) is 5.32 Å². The molecule has 0 heterocycles. The number of benzene rings is 2. The van der Waals surface area contributed by atoms with E-state index < -0.39 is 11.7 Å². The first-order valence-electron chi connectivity index (χ1n) is 8.31. The summed E-state index contributed by atoms with van der Waals surface area (Å²) >= 11 is 0. The molecule has 0 bridgehead atoms. The van der Waals surface area contributed by atoms with E-state index in [1.165, 1.54) is 12.1 Å². The number of hydrogen-bond acceptors (Lipinski definition) is 1. The third-order valence-electron chi connectivity index (χ3n) is 4.22. The molecule has 0 aromatic heterocycles. The second kappa shape index (κ2) is 7.20. The molecule has 3 rings (SSSR count). The normalized spacial score (nSPS) is 16.9. The molecule has 1 unspecified atom stereocenters. The zero-order chi connectivity index (χ0) is 18.7. The Bertz CT molecular complexity index is 864. The number of alkyl halides is 3. The number of allylic oxidation sites excluding steroid dienone is 3. The SMILES string of the molecule is CC1C=C(NC(=O)c2ccccc2-c2ccc(C(F)(F)F)cc2)C=CC1. The monoisotopic (exact) mass is 357 g/mol. The van der Waals surface area contributed by atoms with Crippen molar-refractivity contribution in [3.63, 3.8) is 0 Å². The van der Waals surface area contributed by atoms with Crippen LogP contribution in [0.25, 0.3) is 11.1 Å². The van der Waals surface area contributed by atoms with Crippen LogP contribution in [0.3, 0.4) is 0 Å². The number of nitrogens with one attached hydrogen (secondary N) is 1. The number of amides is 1. The average Bonchev–Trinajstić information content (AvgIpc) is 2.61. The van der Waals surface area contributed by atoms with Gasteiger partial charge in [0.1, 0.15) is 0 Å². The average molecular weight is 357 g/mol. The fourth-order valence-corrected chi connectivity index (χ4v) is 2.89. The first kappa shape index (κ1) is 18.0. The van der Waals surface area contributed by atoms with E-state index in [4.69, 9.17) is 0 Å². The molecule has 1 N–H and O–H groups in total. The summed E-state index contributed by atoms with van der Waals surface area (Å²) in [5, 5.41) is 2.87. The van der Waals surface area contributed by atoms with Crippen LogP contribution in [0.5, 0.6) is 0 Å². The molecule has 0 radical (unpaired) electrons. The standard InChI is InChI=1S/C21H18F3NO/c1-14-5-4-6-17(13-14)25-20(26)19-8-3-2-7-18(19)15-9-11-16(12-10-15)21(22,23)24/h2-4,6-14H,5H2,1H3,(H,25,26). The third kappa shape index (κ3) is 4.04. The summed E-state index contributed by atoms with van der Waals surface area (Å²) in [6.45, 7) is 2.06. The minimum Gasteiger partial charge on any atom is -0.322 e. The molecule has 2 nitrogen and oxygen atoms in total. The van der Waals surface area contributed by atoms with Gasteiger partial charge in [0.15, 0.2) is 0 Å². The van der Waals surface area contributed by atoms with Gasteiger partial charge in [-0.2, -0.15) is 13.2 Å². The number of rotatable bonds is 3. The Hall–Kier alpha value is -2.82. The van der Waals surface area contributed by atoms with Gasteiger partial charge in [0.2, 0.25) is 0 Å². The molecule has 134 valence electrons. The zero-order valence-electron chi connectivity index (χ0n) is 14.2. The van der Waals surface area contributed by atoms with Crippen LogP contribution in [-0.2, 0) is 6.18 Å². The van der Waals surface area contributed by atoms with Gasteiger partial charge in [-0.25, -0.2) is 0 Å². The summed E-state index contributed by atoms with van der Waals surface area (Å²) in [6, 6.07) is 11.7. The highest BCUT2D eigenvalue weighted by atomic mass is 19.4. The minimum absolute atomic E-state index is 0.287. The molecule has 1 aliphatic carbocycles. The molecule has 2 aromatic carbocycles. The topological polar surface area (TPSA) is 29.1 Å². The molecule has 1 amide bonds. The van der Waals surface area contributed by atoms with Crippen LogP contribution in [0, 0.1) is 5.92 Å². The predicted molar refractivity (Wildman–Crippen MR) is 95.4 cm³/mol. The summed E-state index contributed by atoms with van der Waals surface area (Å²) in [7, 11) is 0. The molecule has 5 heteroatoms. The molecule has 0 spiro atoms. The van der Waals surface area contributed by atoms with Crippen LogP contribution in [-0.4, -0.2) is 5.91 Å². The highest BCUT2D eigenvalue weighted by Crippen LogP contribution is 2.32. The number of hydrogen-bond donors (Lipinski definition) is 1. The predicted octanol–water partition coefficient (Wildman–Crippen LogP) is 5.58. The maximum absolute atomic E-state index is 12.7. The van der Waals surface area contributed by atoms with Crippen molar-refractivity contribution < 1.29 is 18.0 Å². The van der Waals surface area contributed by atoms with Crippen LogP contribution >= 0.6 is 0 Å². The zero-order valence-corrected chi connectivity index (χ0v) is 14.2. The van der Waals surface area contributed by atoms with Gasteiger partial charge in [-0.1, -0.05) is 49.4 Å². The Morgan fingerprint density at radius 3 is 2.42 bits per heavy atom. The van der Waals surface area contributed by atoms with Crippen LogP contribution in [0.2, 0.25) is 0 Å². The largest absolute Gasteiger partial charge is 0.416 e. The van der Waals surface area contributed by atoms with E-state index in [-0.39, 0.29) is 5.91 Å². The molecule has 0 fully saturated rings. The van der Waals surface area contributed by atoms with E-state index in [1.807, 2.05) is 18.2 Å². The van der Waals surface area contributed by atoms with Gasteiger partial charge in [0.25, 0.3) is 5.91 Å². The Labute approximate surface area is 150 Å². The van der Waals surface area contributed by atoms with Crippen molar-refractivity contribution in [2.45, 2.75) is 19.5 Å². The van der Waals surface area contributed by atoms with Gasteiger partial charge < -0.3 is 5.32 Å². The summed E-state index contributed by atoms with van der Waals surface area (Å²) in [6.07, 6.45) is 2.40. The van der Waals surface area contributed by atoms with Crippen molar-refractivity contribution in [1.29, 1.82) is 0 Å². The number of carbonyl (C=O) groups excluding carboxylic acids is 1. The minimum atomic E-state index is -4.38. The van der Waals surface area contributed by atoms with E-state index in [1.54, 1.807) is 24.3 Å². The van der Waals surface area contributed by atoms with Gasteiger partial charge in [-0.05, 0) is 47.7 Å². The van der Waals surface area contributed by atoms with Crippen molar-refractivity contribution in [2.24, 2.45) is 5.92 Å². The lowest BCUT2D eigenvalue weighted by Gasteiger charge is -2.15. The molecule has 0 aliphatic heterocycles. The smallest absolute Gasteiger partial charge is 0.322 e. The van der Waals surface area contributed by atoms with E-state index >= 15 is 0 Å². The lowest BCUT2D eigenvalue weighted by atomic mass is 9.97. The maximum Gasteiger partial charge on any atom is 0.416 e. The van der Waals surface area contributed by atoms with Crippen LogP contribution in [0.4, 0.5) is 13.2 Å². The lowest BCUT2D eigenvalue weighted by molar-refractivity contribution is -0.137. The number of halogens is 3. The molecule has 1 aliphatic rings. The Morgan fingerprint density at radius 2 is 1.77 bits per heavy atom. The van der Waals surface area contributed by atoms with Gasteiger partial charge >= 0.3 is 6.18 Å². The van der Waals surface area contributed by atoms with Crippen molar-refractivity contribution in [2.75, 3.05) is 0 Å². The van der Waals surface area contributed by atoms with Gasteiger partial charge in [0.05, 0.1) is 5.56 Å². The van der Waals surface area contributed by atoms with E-state index in [0.717, 1.165) is 24.3 Å². The van der Waals surface area contributed by atoms with Crippen molar-refractivity contribution in [3.8, 4) is 11.1 Å². The second-order valence-electron chi connectivity index (χ2n) is 6.31. The summed E-state index contributed by atoms with van der Waals surface area (Å²) < 4.78 is 38.2. The van der Waals surface area contributed by atoms with Crippen LogP contribution < -0.4 is 5.32 Å². The molecular formula is C21H18F3NO. The first-order valence-corrected chi connectivity index (χ1v) is 8.31. The van der Waals surface area contributed by atoms with Gasteiger partial charge in [0, 0.05) is 11.3 Å². The summed E-state index contributed by atoms with van der Waals surface area (Å²) in [5.74, 6) is 0.0611. The molecule has 1 atom stereocenters. The fourth-order valence-electron chi connectivity index (χ4n) is 2.89. The van der Waals surface area contributed by atoms with Crippen LogP contribution in [0.1, 0.15) is 29.3 Å². The van der Waals surface area contributed by atoms with E-state index in [2.05, 4.69) is 12.2 Å². The van der Waals surface area contributed by atoms with E-state index in [0.29, 0.717) is 22.6 Å². The molecular weight excluding hydrogens is 339 g/mol. The highest BCUT2D eigenvalue weighted by molar-refractivity contribution is 6.01. The molecule has 26 heavy (non-hydrogen) atoms. The Kier molecular flexibility index (Phi) is 4.98. The quantitative estimate of drug-likeness (QED) is 0.763. The van der Waals surface area contributed by atoms with Crippen molar-refractivity contribution >= 4 is 5.91 Å². The van der Waals surface area contributed by atoms with Gasteiger partial charge in [-0.15, -0.1) is 0 Å². The second-order valence-corrected chi connectivity index (χ2v) is 6.31. The fraction of sp³-hybridized carbons (Fsp3) is 0.190. The van der Waals surface area contributed by atoms with Gasteiger partial charge in [-0.3, -0.25) is 4.79 Å². The lowest BCUT2D eigenvalue weighted by Crippen LogP contribution is -2.23. The summed E-state index contributed by atoms with van der Waals surface area (Å²) in [5.41, 5.74) is 1.59. The van der Waals surface area contributed by atoms with E-state index in [9.17, 15) is 18.0 Å². The summed E-state index contributed by atoms with van der Waals surface area (Å²) in [4.78, 5) is 12.7. The highest BCUT2D eigenvalue weighted by Gasteiger charge is 2.30. The first-order chi connectivity index (χ1) is 12.3. The molecule has 2 aromatic rings. The molecule has 0 saturated carbocycles.